The Morgan fingerprint density at radius 2 is 1.88 bits per heavy atom. The molecule has 2 N–H and O–H groups in total. The van der Waals surface area contributed by atoms with Gasteiger partial charge in [0.1, 0.15) is 6.10 Å². The van der Waals surface area contributed by atoms with Crippen molar-refractivity contribution in [3.05, 3.63) is 12.2 Å². The monoisotopic (exact) mass is 352 g/mol. The number of rotatable bonds is 3. The molecule has 6 heteroatoms. The van der Waals surface area contributed by atoms with Gasteiger partial charge in [-0.05, 0) is 30.8 Å². The minimum absolute atomic E-state index is 0.138. The zero-order valence-electron chi connectivity index (χ0n) is 15.4. The van der Waals surface area contributed by atoms with E-state index in [1.165, 1.54) is 13.8 Å². The normalized spacial score (nSPS) is 48.2. The summed E-state index contributed by atoms with van der Waals surface area (Å²) in [5.41, 5.74) is -1.83. The number of carbonyl (C=O) groups excluding carboxylic acids is 2. The summed E-state index contributed by atoms with van der Waals surface area (Å²) in [4.78, 5) is 23.0. The number of carbonyl (C=O) groups is 2. The van der Waals surface area contributed by atoms with Crippen molar-refractivity contribution >= 4 is 11.9 Å². The maximum atomic E-state index is 11.6. The first-order chi connectivity index (χ1) is 11.4. The second kappa shape index (κ2) is 5.55. The molecule has 3 fully saturated rings. The molecule has 0 aromatic heterocycles. The van der Waals surface area contributed by atoms with Crippen molar-refractivity contribution in [2.24, 2.45) is 22.7 Å². The Labute approximate surface area is 148 Å². The third-order valence-electron chi connectivity index (χ3n) is 6.83. The van der Waals surface area contributed by atoms with Gasteiger partial charge >= 0.3 is 11.9 Å². The van der Waals surface area contributed by atoms with Crippen LogP contribution in [0.2, 0.25) is 0 Å². The van der Waals surface area contributed by atoms with Crippen molar-refractivity contribution in [1.29, 1.82) is 0 Å². The van der Waals surface area contributed by atoms with Gasteiger partial charge in [0.15, 0.2) is 0 Å². The van der Waals surface area contributed by atoms with Crippen molar-refractivity contribution in [2.75, 3.05) is 6.61 Å². The molecule has 0 aliphatic heterocycles. The molecule has 7 atom stereocenters. The highest BCUT2D eigenvalue weighted by molar-refractivity contribution is 5.66. The molecule has 0 aromatic carbocycles. The Kier molecular flexibility index (Phi) is 4.08. The molecule has 0 spiro atoms. The van der Waals surface area contributed by atoms with E-state index in [9.17, 15) is 19.8 Å². The highest BCUT2D eigenvalue weighted by atomic mass is 16.5. The zero-order valence-corrected chi connectivity index (χ0v) is 15.4. The van der Waals surface area contributed by atoms with E-state index in [1.54, 1.807) is 0 Å². The number of ether oxygens (including phenoxy) is 2. The van der Waals surface area contributed by atoms with E-state index in [1.807, 2.05) is 13.8 Å². The van der Waals surface area contributed by atoms with Gasteiger partial charge in [-0.25, -0.2) is 0 Å². The fourth-order valence-electron chi connectivity index (χ4n) is 6.14. The van der Waals surface area contributed by atoms with E-state index in [-0.39, 0.29) is 36.5 Å². The molecule has 3 rings (SSSR count). The van der Waals surface area contributed by atoms with Crippen LogP contribution in [0.1, 0.15) is 47.0 Å². The van der Waals surface area contributed by atoms with Crippen LogP contribution in [0, 0.1) is 22.7 Å². The quantitative estimate of drug-likeness (QED) is 0.592. The number of hydrogen-bond donors (Lipinski definition) is 2. The van der Waals surface area contributed by atoms with Crippen LogP contribution in [0.25, 0.3) is 0 Å². The Balaban J connectivity index is 2.04. The van der Waals surface area contributed by atoms with Crippen LogP contribution >= 0.6 is 0 Å². The number of hydrogen-bond acceptors (Lipinski definition) is 6. The third-order valence-corrected chi connectivity index (χ3v) is 6.83. The Morgan fingerprint density at radius 3 is 2.44 bits per heavy atom. The molecule has 3 saturated carbocycles. The molecule has 6 nitrogen and oxygen atoms in total. The summed E-state index contributed by atoms with van der Waals surface area (Å²) >= 11 is 0. The number of esters is 2. The minimum atomic E-state index is -1.24. The van der Waals surface area contributed by atoms with E-state index >= 15 is 0 Å². The zero-order chi connectivity index (χ0) is 18.8. The van der Waals surface area contributed by atoms with Crippen molar-refractivity contribution < 1.29 is 29.3 Å². The highest BCUT2D eigenvalue weighted by Crippen LogP contribution is 2.72. The summed E-state index contributed by atoms with van der Waals surface area (Å²) in [6.07, 6.45) is 0.496. The van der Waals surface area contributed by atoms with Crippen molar-refractivity contribution in [3.63, 3.8) is 0 Å². The molecule has 0 aromatic rings. The van der Waals surface area contributed by atoms with Crippen molar-refractivity contribution in [3.8, 4) is 0 Å². The number of aliphatic hydroxyl groups excluding tert-OH is 1. The van der Waals surface area contributed by atoms with E-state index in [0.717, 1.165) is 0 Å². The van der Waals surface area contributed by atoms with Gasteiger partial charge in [0.05, 0.1) is 18.3 Å². The Bertz CT molecular complexity index is 629. The predicted octanol–water partition coefficient (Wildman–Crippen LogP) is 1.59. The molecule has 0 amide bonds. The maximum absolute atomic E-state index is 11.6. The lowest BCUT2D eigenvalue weighted by atomic mass is 9.65. The lowest BCUT2D eigenvalue weighted by Gasteiger charge is -2.43. The van der Waals surface area contributed by atoms with Gasteiger partial charge in [-0.15, -0.1) is 0 Å². The van der Waals surface area contributed by atoms with Crippen molar-refractivity contribution in [2.45, 2.75) is 64.8 Å². The van der Waals surface area contributed by atoms with Crippen LogP contribution in [0.4, 0.5) is 0 Å². The Hall–Kier alpha value is -1.40. The molecular weight excluding hydrogens is 324 g/mol. The average molecular weight is 352 g/mol. The Morgan fingerprint density at radius 1 is 1.24 bits per heavy atom. The smallest absolute Gasteiger partial charge is 0.302 e. The fraction of sp³-hybridized carbons (Fsp3) is 0.789. The second-order valence-corrected chi connectivity index (χ2v) is 8.68. The molecule has 3 aliphatic carbocycles. The van der Waals surface area contributed by atoms with Crippen LogP contribution in [-0.4, -0.2) is 46.6 Å². The van der Waals surface area contributed by atoms with Crippen LogP contribution in [0.15, 0.2) is 12.2 Å². The molecule has 140 valence electrons. The van der Waals surface area contributed by atoms with Gasteiger partial charge < -0.3 is 19.7 Å². The number of fused-ring (bicyclic) bond motifs is 3. The van der Waals surface area contributed by atoms with Gasteiger partial charge in [0.25, 0.3) is 0 Å². The largest absolute Gasteiger partial charge is 0.465 e. The lowest BCUT2D eigenvalue weighted by molar-refractivity contribution is -0.152. The summed E-state index contributed by atoms with van der Waals surface area (Å²) in [6.45, 7) is 10.8. The van der Waals surface area contributed by atoms with E-state index in [2.05, 4.69) is 6.58 Å². The molecular formula is C19H28O6. The first kappa shape index (κ1) is 18.4. The van der Waals surface area contributed by atoms with Gasteiger partial charge in [-0.2, -0.15) is 0 Å². The molecule has 7 unspecified atom stereocenters. The van der Waals surface area contributed by atoms with E-state index in [0.29, 0.717) is 24.8 Å². The third kappa shape index (κ3) is 2.45. The summed E-state index contributed by atoms with van der Waals surface area (Å²) in [6, 6.07) is 0. The minimum Gasteiger partial charge on any atom is -0.465 e. The van der Waals surface area contributed by atoms with Crippen LogP contribution < -0.4 is 0 Å². The van der Waals surface area contributed by atoms with Crippen LogP contribution in [-0.2, 0) is 19.1 Å². The van der Waals surface area contributed by atoms with Crippen LogP contribution in [0.5, 0.6) is 0 Å². The molecule has 0 radical (unpaired) electrons. The molecule has 0 saturated heterocycles. The summed E-state index contributed by atoms with van der Waals surface area (Å²) in [7, 11) is 0. The lowest BCUT2D eigenvalue weighted by Crippen LogP contribution is -2.49. The summed E-state index contributed by atoms with van der Waals surface area (Å²) in [5, 5.41) is 21.9. The molecule has 25 heavy (non-hydrogen) atoms. The molecule has 3 aliphatic rings. The standard InChI is InChI=1S/C19H28O6/c1-10-14(22)6-13-7-18(5)15(25-12(3)21)8-17(4,9-24-11(2)20)16(18)19(10,13)23/h13-16,22-23H,1,6-9H2,2-5H3. The molecule has 0 bridgehead atoms. The summed E-state index contributed by atoms with van der Waals surface area (Å²) in [5.74, 6) is -1.19. The van der Waals surface area contributed by atoms with Gasteiger partial charge in [-0.1, -0.05) is 20.4 Å². The van der Waals surface area contributed by atoms with E-state index in [4.69, 9.17) is 9.47 Å². The van der Waals surface area contributed by atoms with E-state index < -0.39 is 22.5 Å². The van der Waals surface area contributed by atoms with Gasteiger partial charge in [0.2, 0.25) is 0 Å². The predicted molar refractivity (Wildman–Crippen MR) is 89.3 cm³/mol. The molecule has 0 heterocycles. The topological polar surface area (TPSA) is 93.1 Å². The second-order valence-electron chi connectivity index (χ2n) is 8.68. The van der Waals surface area contributed by atoms with Gasteiger partial charge in [-0.3, -0.25) is 9.59 Å². The SMILES string of the molecule is C=C1C(O)CC2CC3(C)C(OC(C)=O)CC(C)(COC(C)=O)C3C12O. The highest BCUT2D eigenvalue weighted by Gasteiger charge is 2.75. The maximum Gasteiger partial charge on any atom is 0.302 e. The summed E-state index contributed by atoms with van der Waals surface area (Å²) < 4.78 is 10.9. The van der Waals surface area contributed by atoms with Crippen molar-refractivity contribution in [1.82, 2.24) is 0 Å². The number of aliphatic hydroxyl groups is 2. The average Bonchev–Trinajstić information content (AvgIpc) is 2.93. The van der Waals surface area contributed by atoms with Crippen LogP contribution in [0.3, 0.4) is 0 Å². The van der Waals surface area contributed by atoms with Gasteiger partial charge in [0, 0.05) is 30.6 Å². The first-order valence-corrected chi connectivity index (χ1v) is 8.85. The first-order valence-electron chi connectivity index (χ1n) is 8.85. The fourth-order valence-corrected chi connectivity index (χ4v) is 6.14.